The Morgan fingerprint density at radius 1 is 1.00 bits per heavy atom. The van der Waals surface area contributed by atoms with E-state index in [1.807, 2.05) is 19.9 Å². The SMILES string of the molecule is CCOC(=O)c1[nH]c2ccc(-c3ccc(C(F)(F)F)cc3)cc2c1-c1ccc(OC(C)C)nc1. The molecule has 0 unspecified atom stereocenters. The van der Waals surface area contributed by atoms with Gasteiger partial charge >= 0.3 is 12.1 Å². The number of pyridine rings is 1. The van der Waals surface area contributed by atoms with Gasteiger partial charge in [-0.3, -0.25) is 0 Å². The van der Waals surface area contributed by atoms with E-state index in [9.17, 15) is 18.0 Å². The fourth-order valence-corrected chi connectivity index (χ4v) is 3.72. The van der Waals surface area contributed by atoms with Crippen molar-refractivity contribution in [1.82, 2.24) is 9.97 Å². The van der Waals surface area contributed by atoms with Crippen LogP contribution in [0.2, 0.25) is 0 Å². The molecule has 0 saturated heterocycles. The quantitative estimate of drug-likeness (QED) is 0.313. The van der Waals surface area contributed by atoms with Crippen molar-refractivity contribution in [2.75, 3.05) is 6.61 Å². The molecule has 0 fully saturated rings. The summed E-state index contributed by atoms with van der Waals surface area (Å²) in [5.41, 5.74) is 2.87. The maximum Gasteiger partial charge on any atom is 0.416 e. The molecule has 0 saturated carbocycles. The van der Waals surface area contributed by atoms with Crippen molar-refractivity contribution in [3.8, 4) is 28.1 Å². The Labute approximate surface area is 194 Å². The van der Waals surface area contributed by atoms with Gasteiger partial charge in [-0.05, 0) is 62.2 Å². The Hall–Kier alpha value is -3.81. The van der Waals surface area contributed by atoms with E-state index in [1.54, 1.807) is 37.4 Å². The normalized spacial score (nSPS) is 11.7. The molecular weight excluding hydrogens is 445 g/mol. The molecule has 8 heteroatoms. The summed E-state index contributed by atoms with van der Waals surface area (Å²) >= 11 is 0. The van der Waals surface area contributed by atoms with Crippen LogP contribution in [-0.4, -0.2) is 28.6 Å². The van der Waals surface area contributed by atoms with Crippen molar-refractivity contribution in [3.63, 3.8) is 0 Å². The first kappa shape index (κ1) is 23.4. The van der Waals surface area contributed by atoms with Crippen LogP contribution >= 0.6 is 0 Å². The van der Waals surface area contributed by atoms with Gasteiger partial charge in [-0.1, -0.05) is 18.2 Å². The lowest BCUT2D eigenvalue weighted by Crippen LogP contribution is -2.07. The highest BCUT2D eigenvalue weighted by atomic mass is 19.4. The molecule has 34 heavy (non-hydrogen) atoms. The number of esters is 1. The number of alkyl halides is 3. The van der Waals surface area contributed by atoms with Gasteiger partial charge < -0.3 is 14.5 Å². The molecule has 1 N–H and O–H groups in total. The standard InChI is InChI=1S/C26H23F3N2O3/c1-4-33-25(32)24-23(18-8-12-22(30-14-18)34-15(2)3)20-13-17(7-11-21(20)31-24)16-5-9-19(10-6-16)26(27,28)29/h5-15,31H,4H2,1-3H3. The monoisotopic (exact) mass is 468 g/mol. The highest BCUT2D eigenvalue weighted by Gasteiger charge is 2.30. The largest absolute Gasteiger partial charge is 0.475 e. The van der Waals surface area contributed by atoms with Gasteiger partial charge in [0.15, 0.2) is 0 Å². The highest BCUT2D eigenvalue weighted by molar-refractivity contribution is 6.08. The number of carbonyl (C=O) groups is 1. The number of nitrogens with zero attached hydrogens (tertiary/aromatic N) is 1. The summed E-state index contributed by atoms with van der Waals surface area (Å²) in [6.07, 6.45) is -2.82. The number of carbonyl (C=O) groups excluding carboxylic acids is 1. The summed E-state index contributed by atoms with van der Waals surface area (Å²) in [7, 11) is 0. The number of H-pyrrole nitrogens is 1. The summed E-state index contributed by atoms with van der Waals surface area (Å²) in [6, 6.07) is 13.9. The zero-order valence-electron chi connectivity index (χ0n) is 18.9. The maximum atomic E-state index is 12.9. The molecule has 2 heterocycles. The van der Waals surface area contributed by atoms with Crippen LogP contribution in [0.1, 0.15) is 36.8 Å². The van der Waals surface area contributed by atoms with E-state index in [-0.39, 0.29) is 18.4 Å². The average Bonchev–Trinajstić information content (AvgIpc) is 3.18. The number of hydrogen-bond acceptors (Lipinski definition) is 4. The van der Waals surface area contributed by atoms with Crippen molar-refractivity contribution in [2.45, 2.75) is 33.1 Å². The smallest absolute Gasteiger partial charge is 0.416 e. The summed E-state index contributed by atoms with van der Waals surface area (Å²) < 4.78 is 49.7. The van der Waals surface area contributed by atoms with Gasteiger partial charge in [0.25, 0.3) is 0 Å². The first-order valence-electron chi connectivity index (χ1n) is 10.8. The summed E-state index contributed by atoms with van der Waals surface area (Å²) in [5, 5.41) is 0.722. The molecule has 4 aromatic rings. The molecule has 0 spiro atoms. The lowest BCUT2D eigenvalue weighted by Gasteiger charge is -2.10. The third-order valence-electron chi connectivity index (χ3n) is 5.21. The first-order chi connectivity index (χ1) is 16.2. The molecule has 0 atom stereocenters. The predicted octanol–water partition coefficient (Wildman–Crippen LogP) is 6.88. The number of halogens is 3. The average molecular weight is 468 g/mol. The molecule has 2 aromatic heterocycles. The van der Waals surface area contributed by atoms with E-state index in [0.29, 0.717) is 33.7 Å². The molecule has 5 nitrogen and oxygen atoms in total. The number of nitrogens with one attached hydrogen (secondary N) is 1. The number of aromatic amines is 1. The molecule has 0 aliphatic rings. The number of ether oxygens (including phenoxy) is 2. The van der Waals surface area contributed by atoms with Crippen molar-refractivity contribution in [2.24, 2.45) is 0 Å². The Balaban J connectivity index is 1.83. The minimum absolute atomic E-state index is 0.0344. The van der Waals surface area contributed by atoms with Gasteiger partial charge in [0.05, 0.1) is 18.3 Å². The van der Waals surface area contributed by atoms with Crippen LogP contribution in [0.4, 0.5) is 13.2 Å². The third kappa shape index (κ3) is 4.76. The van der Waals surface area contributed by atoms with Crippen molar-refractivity contribution < 1.29 is 27.4 Å². The number of rotatable bonds is 6. The summed E-state index contributed by atoms with van der Waals surface area (Å²) in [5.74, 6) is -0.0472. The molecule has 2 aromatic carbocycles. The second-order valence-electron chi connectivity index (χ2n) is 7.98. The number of fused-ring (bicyclic) bond motifs is 1. The lowest BCUT2D eigenvalue weighted by atomic mass is 9.98. The van der Waals surface area contributed by atoms with Crippen LogP contribution in [0.25, 0.3) is 33.2 Å². The molecule has 0 aliphatic heterocycles. The zero-order valence-corrected chi connectivity index (χ0v) is 18.9. The Morgan fingerprint density at radius 3 is 2.26 bits per heavy atom. The molecule has 0 amide bonds. The second-order valence-corrected chi connectivity index (χ2v) is 7.98. The van der Waals surface area contributed by atoms with Gasteiger partial charge in [-0.15, -0.1) is 0 Å². The van der Waals surface area contributed by atoms with Crippen molar-refractivity contribution >= 4 is 16.9 Å². The molecular formula is C26H23F3N2O3. The molecule has 0 bridgehead atoms. The van der Waals surface area contributed by atoms with Crippen LogP contribution < -0.4 is 4.74 Å². The molecule has 176 valence electrons. The van der Waals surface area contributed by atoms with Gasteiger partial charge in [0.2, 0.25) is 5.88 Å². The van der Waals surface area contributed by atoms with E-state index in [4.69, 9.17) is 9.47 Å². The molecule has 4 rings (SSSR count). The van der Waals surface area contributed by atoms with Crippen LogP contribution in [0.5, 0.6) is 5.88 Å². The minimum atomic E-state index is -4.40. The minimum Gasteiger partial charge on any atom is -0.475 e. The lowest BCUT2D eigenvalue weighted by molar-refractivity contribution is -0.137. The van der Waals surface area contributed by atoms with E-state index in [2.05, 4.69) is 9.97 Å². The Bertz CT molecular complexity index is 1310. The number of benzene rings is 2. The first-order valence-corrected chi connectivity index (χ1v) is 10.8. The summed E-state index contributed by atoms with van der Waals surface area (Å²) in [4.78, 5) is 20.2. The van der Waals surface area contributed by atoms with E-state index in [1.165, 1.54) is 12.1 Å². The number of hydrogen-bond donors (Lipinski definition) is 1. The topological polar surface area (TPSA) is 64.2 Å². The van der Waals surface area contributed by atoms with Crippen LogP contribution in [0.3, 0.4) is 0 Å². The van der Waals surface area contributed by atoms with Gasteiger partial charge in [-0.25, -0.2) is 9.78 Å². The number of aromatic nitrogens is 2. The van der Waals surface area contributed by atoms with Gasteiger partial charge in [0, 0.05) is 34.3 Å². The maximum absolute atomic E-state index is 12.9. The van der Waals surface area contributed by atoms with Crippen LogP contribution in [0.15, 0.2) is 60.8 Å². The third-order valence-corrected chi connectivity index (χ3v) is 5.21. The molecule has 0 aliphatic carbocycles. The van der Waals surface area contributed by atoms with Crippen molar-refractivity contribution in [3.05, 3.63) is 72.1 Å². The highest BCUT2D eigenvalue weighted by Crippen LogP contribution is 2.37. The van der Waals surface area contributed by atoms with Crippen molar-refractivity contribution in [1.29, 1.82) is 0 Å². The van der Waals surface area contributed by atoms with E-state index in [0.717, 1.165) is 17.5 Å². The van der Waals surface area contributed by atoms with E-state index >= 15 is 0 Å². The van der Waals surface area contributed by atoms with Crippen LogP contribution in [0, 0.1) is 0 Å². The molecule has 0 radical (unpaired) electrons. The fraction of sp³-hybridized carbons (Fsp3) is 0.231. The zero-order chi connectivity index (χ0) is 24.5. The van der Waals surface area contributed by atoms with Gasteiger partial charge in [0.1, 0.15) is 5.69 Å². The van der Waals surface area contributed by atoms with Crippen LogP contribution in [-0.2, 0) is 10.9 Å². The predicted molar refractivity (Wildman–Crippen MR) is 124 cm³/mol. The Morgan fingerprint density at radius 2 is 1.68 bits per heavy atom. The second kappa shape index (κ2) is 9.21. The Kier molecular flexibility index (Phi) is 6.32. The summed E-state index contributed by atoms with van der Waals surface area (Å²) in [6.45, 7) is 5.74. The van der Waals surface area contributed by atoms with Gasteiger partial charge in [-0.2, -0.15) is 13.2 Å². The fourth-order valence-electron chi connectivity index (χ4n) is 3.72. The van der Waals surface area contributed by atoms with E-state index < -0.39 is 17.7 Å².